The van der Waals surface area contributed by atoms with Crippen LogP contribution >= 0.6 is 0 Å². The molecule has 1 amide bonds. The first-order valence-electron chi connectivity index (χ1n) is 7.07. The fourth-order valence-corrected chi connectivity index (χ4v) is 1.78. The van der Waals surface area contributed by atoms with Gasteiger partial charge in [-0.25, -0.2) is 0 Å². The second-order valence-corrected chi connectivity index (χ2v) is 5.31. The molecule has 1 rings (SSSR count). The van der Waals surface area contributed by atoms with E-state index < -0.39 is 0 Å². The van der Waals surface area contributed by atoms with Crippen molar-refractivity contribution in [1.82, 2.24) is 20.1 Å². The standard InChI is InChI=1S/C15H26N4O/c1-18(2)13-10-17-15(20)7-12-19(3)11-6-14-4-8-16-9-5-14/h4-5,8-9H,6-7,10-13H2,1-3H3,(H,17,20). The van der Waals surface area contributed by atoms with Gasteiger partial charge in [0.05, 0.1) is 0 Å². The summed E-state index contributed by atoms with van der Waals surface area (Å²) in [6.07, 6.45) is 5.17. The lowest BCUT2D eigenvalue weighted by Crippen LogP contribution is -2.33. The molecule has 0 radical (unpaired) electrons. The first-order chi connectivity index (χ1) is 9.58. The molecule has 0 unspecified atom stereocenters. The summed E-state index contributed by atoms with van der Waals surface area (Å²) in [5.74, 6) is 0.127. The molecule has 0 saturated heterocycles. The normalized spacial score (nSPS) is 11.1. The van der Waals surface area contributed by atoms with Crippen LogP contribution in [0.4, 0.5) is 0 Å². The van der Waals surface area contributed by atoms with E-state index in [1.165, 1.54) is 5.56 Å². The number of hydrogen-bond acceptors (Lipinski definition) is 4. The van der Waals surface area contributed by atoms with Crippen LogP contribution in [-0.4, -0.2) is 68.0 Å². The van der Waals surface area contributed by atoms with Crippen LogP contribution in [0.15, 0.2) is 24.5 Å². The molecule has 0 saturated carbocycles. The van der Waals surface area contributed by atoms with Crippen molar-refractivity contribution in [2.24, 2.45) is 0 Å². The highest BCUT2D eigenvalue weighted by Gasteiger charge is 2.04. The first-order valence-corrected chi connectivity index (χ1v) is 7.07. The molecule has 0 spiro atoms. The van der Waals surface area contributed by atoms with Gasteiger partial charge in [0.25, 0.3) is 0 Å². The van der Waals surface area contributed by atoms with Crippen molar-refractivity contribution < 1.29 is 4.79 Å². The van der Waals surface area contributed by atoms with Crippen LogP contribution < -0.4 is 5.32 Å². The third kappa shape index (κ3) is 7.86. The van der Waals surface area contributed by atoms with E-state index in [0.717, 1.165) is 26.1 Å². The van der Waals surface area contributed by atoms with Crippen LogP contribution in [0.25, 0.3) is 0 Å². The fourth-order valence-electron chi connectivity index (χ4n) is 1.78. The zero-order chi connectivity index (χ0) is 14.8. The minimum absolute atomic E-state index is 0.127. The summed E-state index contributed by atoms with van der Waals surface area (Å²) in [7, 11) is 6.05. The predicted octanol–water partition coefficient (Wildman–Crippen LogP) is 0.624. The van der Waals surface area contributed by atoms with Crippen LogP contribution in [0.1, 0.15) is 12.0 Å². The number of amides is 1. The second-order valence-electron chi connectivity index (χ2n) is 5.31. The van der Waals surface area contributed by atoms with E-state index in [0.29, 0.717) is 13.0 Å². The number of hydrogen-bond donors (Lipinski definition) is 1. The van der Waals surface area contributed by atoms with Crippen LogP contribution in [0, 0.1) is 0 Å². The molecule has 1 aromatic rings. The van der Waals surface area contributed by atoms with Crippen molar-refractivity contribution in [3.8, 4) is 0 Å². The predicted molar refractivity (Wildman–Crippen MR) is 81.6 cm³/mol. The van der Waals surface area contributed by atoms with E-state index >= 15 is 0 Å². The highest BCUT2D eigenvalue weighted by atomic mass is 16.1. The topological polar surface area (TPSA) is 48.5 Å². The Labute approximate surface area is 122 Å². The molecule has 0 fully saturated rings. The molecule has 0 aromatic carbocycles. The Balaban J connectivity index is 2.10. The second kappa shape index (κ2) is 9.44. The smallest absolute Gasteiger partial charge is 0.221 e. The zero-order valence-electron chi connectivity index (χ0n) is 12.8. The van der Waals surface area contributed by atoms with Crippen molar-refractivity contribution in [1.29, 1.82) is 0 Å². The van der Waals surface area contributed by atoms with Gasteiger partial charge in [0, 0.05) is 45.0 Å². The van der Waals surface area contributed by atoms with Crippen molar-refractivity contribution in [3.05, 3.63) is 30.1 Å². The molecule has 1 N–H and O–H groups in total. The third-order valence-corrected chi connectivity index (χ3v) is 3.13. The molecule has 1 aromatic heterocycles. The number of aromatic nitrogens is 1. The van der Waals surface area contributed by atoms with Crippen molar-refractivity contribution in [2.75, 3.05) is 47.3 Å². The maximum atomic E-state index is 11.6. The molecule has 112 valence electrons. The van der Waals surface area contributed by atoms with Gasteiger partial charge in [0.1, 0.15) is 0 Å². The Hall–Kier alpha value is -1.46. The van der Waals surface area contributed by atoms with Gasteiger partial charge in [0.2, 0.25) is 5.91 Å². The quantitative estimate of drug-likeness (QED) is 0.719. The summed E-state index contributed by atoms with van der Waals surface area (Å²) in [5, 5.41) is 2.93. The number of carbonyl (C=O) groups excluding carboxylic acids is 1. The average Bonchev–Trinajstić information content (AvgIpc) is 2.43. The van der Waals surface area contributed by atoms with Crippen LogP contribution in [-0.2, 0) is 11.2 Å². The summed E-state index contributed by atoms with van der Waals surface area (Å²) < 4.78 is 0. The van der Waals surface area contributed by atoms with E-state index in [9.17, 15) is 4.79 Å². The molecular weight excluding hydrogens is 252 g/mol. The number of nitrogens with zero attached hydrogens (tertiary/aromatic N) is 3. The van der Waals surface area contributed by atoms with Gasteiger partial charge in [-0.1, -0.05) is 0 Å². The fraction of sp³-hybridized carbons (Fsp3) is 0.600. The Morgan fingerprint density at radius 2 is 1.85 bits per heavy atom. The molecule has 5 nitrogen and oxygen atoms in total. The monoisotopic (exact) mass is 278 g/mol. The molecular formula is C15H26N4O. The SMILES string of the molecule is CN(C)CCNC(=O)CCN(C)CCc1ccncc1. The Kier molecular flexibility index (Phi) is 7.84. The maximum absolute atomic E-state index is 11.6. The van der Waals surface area contributed by atoms with Gasteiger partial charge >= 0.3 is 0 Å². The lowest BCUT2D eigenvalue weighted by molar-refractivity contribution is -0.121. The van der Waals surface area contributed by atoms with Gasteiger partial charge in [-0.15, -0.1) is 0 Å². The first kappa shape index (κ1) is 16.6. The molecule has 0 aliphatic rings. The van der Waals surface area contributed by atoms with Crippen molar-refractivity contribution >= 4 is 5.91 Å². The molecule has 0 aliphatic carbocycles. The summed E-state index contributed by atoms with van der Waals surface area (Å²) >= 11 is 0. The highest BCUT2D eigenvalue weighted by molar-refractivity contribution is 5.76. The number of carbonyl (C=O) groups is 1. The average molecular weight is 278 g/mol. The van der Waals surface area contributed by atoms with E-state index in [1.807, 2.05) is 45.7 Å². The molecule has 20 heavy (non-hydrogen) atoms. The van der Waals surface area contributed by atoms with E-state index in [1.54, 1.807) is 0 Å². The molecule has 0 atom stereocenters. The number of nitrogens with one attached hydrogen (secondary N) is 1. The van der Waals surface area contributed by atoms with Gasteiger partial charge in [-0.2, -0.15) is 0 Å². The van der Waals surface area contributed by atoms with Crippen molar-refractivity contribution in [2.45, 2.75) is 12.8 Å². The minimum atomic E-state index is 0.127. The third-order valence-electron chi connectivity index (χ3n) is 3.13. The van der Waals surface area contributed by atoms with E-state index in [4.69, 9.17) is 0 Å². The van der Waals surface area contributed by atoms with Crippen LogP contribution in [0.5, 0.6) is 0 Å². The van der Waals surface area contributed by atoms with E-state index in [-0.39, 0.29) is 5.91 Å². The number of likely N-dealkylation sites (N-methyl/N-ethyl adjacent to an activating group) is 2. The highest BCUT2D eigenvalue weighted by Crippen LogP contribution is 1.99. The lowest BCUT2D eigenvalue weighted by atomic mass is 10.2. The number of pyridine rings is 1. The summed E-state index contributed by atoms with van der Waals surface area (Å²) in [6.45, 7) is 3.34. The van der Waals surface area contributed by atoms with Gasteiger partial charge < -0.3 is 15.1 Å². The maximum Gasteiger partial charge on any atom is 0.221 e. The minimum Gasteiger partial charge on any atom is -0.355 e. The van der Waals surface area contributed by atoms with Crippen LogP contribution in [0.3, 0.4) is 0 Å². The Bertz CT molecular complexity index is 381. The molecule has 0 bridgehead atoms. The molecule has 0 aliphatic heterocycles. The zero-order valence-corrected chi connectivity index (χ0v) is 12.8. The van der Waals surface area contributed by atoms with Crippen LogP contribution in [0.2, 0.25) is 0 Å². The molecule has 5 heteroatoms. The Morgan fingerprint density at radius 3 is 2.50 bits per heavy atom. The van der Waals surface area contributed by atoms with Gasteiger partial charge in [0.15, 0.2) is 0 Å². The van der Waals surface area contributed by atoms with Gasteiger partial charge in [-0.05, 0) is 45.3 Å². The number of rotatable bonds is 9. The summed E-state index contributed by atoms with van der Waals surface area (Å²) in [4.78, 5) is 19.9. The van der Waals surface area contributed by atoms with Crippen molar-refractivity contribution in [3.63, 3.8) is 0 Å². The summed E-state index contributed by atoms with van der Waals surface area (Å²) in [5.41, 5.74) is 1.28. The summed E-state index contributed by atoms with van der Waals surface area (Å²) in [6, 6.07) is 4.06. The Morgan fingerprint density at radius 1 is 1.15 bits per heavy atom. The molecule has 1 heterocycles. The largest absolute Gasteiger partial charge is 0.355 e. The van der Waals surface area contributed by atoms with E-state index in [2.05, 4.69) is 20.1 Å². The lowest BCUT2D eigenvalue weighted by Gasteiger charge is -2.16. The van der Waals surface area contributed by atoms with Gasteiger partial charge in [-0.3, -0.25) is 9.78 Å².